The van der Waals surface area contributed by atoms with E-state index in [0.717, 1.165) is 17.2 Å². The van der Waals surface area contributed by atoms with Gasteiger partial charge in [0.15, 0.2) is 0 Å². The summed E-state index contributed by atoms with van der Waals surface area (Å²) < 4.78 is 7.70. The maximum Gasteiger partial charge on any atom is 0.408 e. The average molecular weight is 576 g/mol. The van der Waals surface area contributed by atoms with Gasteiger partial charge in [0.1, 0.15) is 6.73 Å². The van der Waals surface area contributed by atoms with Gasteiger partial charge in [-0.15, -0.1) is 13.2 Å². The summed E-state index contributed by atoms with van der Waals surface area (Å²) in [7, 11) is -1.27. The van der Waals surface area contributed by atoms with Gasteiger partial charge in [-0.1, -0.05) is 69.0 Å². The van der Waals surface area contributed by atoms with Gasteiger partial charge in [-0.2, -0.15) is 5.10 Å². The molecule has 0 aliphatic carbocycles. The van der Waals surface area contributed by atoms with Crippen LogP contribution < -0.4 is 5.32 Å². The molecule has 2 amide bonds. The minimum Gasteiger partial charge on any atom is -0.465 e. The summed E-state index contributed by atoms with van der Waals surface area (Å²) >= 11 is 0. The molecule has 2 aromatic heterocycles. The molecule has 0 bridgehead atoms. The fourth-order valence-corrected chi connectivity index (χ4v) is 4.95. The lowest BCUT2D eigenvalue weighted by Gasteiger charge is -2.29. The van der Waals surface area contributed by atoms with E-state index in [1.807, 2.05) is 42.5 Å². The third-order valence-electron chi connectivity index (χ3n) is 6.68. The largest absolute Gasteiger partial charge is 0.465 e. The van der Waals surface area contributed by atoms with Crippen LogP contribution in [0.25, 0.3) is 11.3 Å². The number of nitrogens with one attached hydrogen (secondary N) is 1. The summed E-state index contributed by atoms with van der Waals surface area (Å²) in [5, 5.41) is 17.6. The smallest absolute Gasteiger partial charge is 0.408 e. The molecule has 1 aromatic carbocycles. The molecule has 0 saturated heterocycles. The maximum absolute atomic E-state index is 12.8. The molecule has 10 heteroatoms. The number of hydrogen-bond acceptors (Lipinski definition) is 5. The van der Waals surface area contributed by atoms with Gasteiger partial charge >= 0.3 is 6.09 Å². The van der Waals surface area contributed by atoms with Gasteiger partial charge in [0.25, 0.3) is 0 Å². The zero-order valence-electron chi connectivity index (χ0n) is 24.4. The quantitative estimate of drug-likeness (QED) is 0.117. The topological polar surface area (TPSA) is 110 Å². The van der Waals surface area contributed by atoms with Gasteiger partial charge in [-0.05, 0) is 30.2 Å². The van der Waals surface area contributed by atoms with E-state index < -0.39 is 26.1 Å². The lowest BCUT2D eigenvalue weighted by Crippen LogP contribution is -2.33. The van der Waals surface area contributed by atoms with Crippen molar-refractivity contribution in [1.82, 2.24) is 19.7 Å². The second kappa shape index (κ2) is 14.6. The highest BCUT2D eigenvalue weighted by Gasteiger charge is 2.27. The Morgan fingerprint density at radius 2 is 1.93 bits per heavy atom. The molecular formula is C31H41N5O4Si. The second-order valence-electron chi connectivity index (χ2n) is 11.2. The van der Waals surface area contributed by atoms with Crippen LogP contribution in [0.15, 0.2) is 80.2 Å². The zero-order chi connectivity index (χ0) is 30.0. The van der Waals surface area contributed by atoms with Crippen LogP contribution >= 0.6 is 0 Å². The zero-order valence-corrected chi connectivity index (χ0v) is 25.4. The summed E-state index contributed by atoms with van der Waals surface area (Å²) in [6, 6.07) is 13.5. The van der Waals surface area contributed by atoms with Crippen LogP contribution in [0.5, 0.6) is 0 Å². The van der Waals surface area contributed by atoms with Gasteiger partial charge < -0.3 is 15.2 Å². The Balaban J connectivity index is 2.00. The van der Waals surface area contributed by atoms with Crippen molar-refractivity contribution in [2.24, 2.45) is 5.92 Å². The van der Waals surface area contributed by atoms with Crippen LogP contribution in [0.4, 0.5) is 10.5 Å². The Morgan fingerprint density at radius 3 is 2.56 bits per heavy atom. The normalized spacial score (nSPS) is 12.8. The van der Waals surface area contributed by atoms with Crippen molar-refractivity contribution in [3.05, 3.63) is 91.4 Å². The first-order chi connectivity index (χ1) is 19.5. The molecular weight excluding hydrogens is 534 g/mol. The standard InChI is InChI=1S/C31H41N5O4Si/c1-7-12-28(35(31(38)39)21-24-13-10-9-11-14-24)26-19-25(15-16-32-26)29-27(34-30(37)23(3)8-2)20-33-36(29)22-40-17-18-41(4,5)6/h7-11,13-16,19-20,23,28H,1-2,12,17-18,21-22H2,3-6H3,(H,34,37)(H,38,39)/t23-,28+/m1/s1. The number of carbonyl (C=O) groups is 2. The number of benzene rings is 1. The van der Waals surface area contributed by atoms with Crippen molar-refractivity contribution in [1.29, 1.82) is 0 Å². The molecule has 0 aliphatic heterocycles. The number of aromatic nitrogens is 3. The fraction of sp³-hybridized carbons (Fsp3) is 0.355. The van der Waals surface area contributed by atoms with Crippen LogP contribution in [-0.4, -0.2) is 51.5 Å². The van der Waals surface area contributed by atoms with Crippen molar-refractivity contribution in [2.75, 3.05) is 11.9 Å². The predicted octanol–water partition coefficient (Wildman–Crippen LogP) is 6.82. The van der Waals surface area contributed by atoms with Crippen molar-refractivity contribution in [2.45, 2.75) is 58.3 Å². The Bertz CT molecular complexity index is 1340. The van der Waals surface area contributed by atoms with Crippen molar-refractivity contribution in [3.63, 3.8) is 0 Å². The number of amides is 2. The lowest BCUT2D eigenvalue weighted by atomic mass is 10.0. The minimum atomic E-state index is -1.27. The van der Waals surface area contributed by atoms with Gasteiger partial charge in [0, 0.05) is 33.0 Å². The number of carboxylic acid groups (broad SMARTS) is 1. The van der Waals surface area contributed by atoms with E-state index in [9.17, 15) is 14.7 Å². The SMILES string of the molecule is C=CC[C@@H](c1cc(-c2c(NC(=O)[C@H](C)C=C)cnn2COCC[Si](C)(C)C)ccn1)N(Cc1ccccc1)C(=O)O. The lowest BCUT2D eigenvalue weighted by molar-refractivity contribution is -0.118. The highest BCUT2D eigenvalue weighted by Crippen LogP contribution is 2.33. The molecule has 41 heavy (non-hydrogen) atoms. The maximum atomic E-state index is 12.8. The molecule has 218 valence electrons. The van der Waals surface area contributed by atoms with Crippen molar-refractivity contribution >= 4 is 25.8 Å². The Kier molecular flexibility index (Phi) is 11.2. The second-order valence-corrected chi connectivity index (χ2v) is 16.8. The molecule has 0 aliphatic rings. The molecule has 0 fully saturated rings. The number of anilines is 1. The molecule has 0 saturated carbocycles. The summed E-state index contributed by atoms with van der Waals surface area (Å²) in [5.74, 6) is -0.606. The predicted molar refractivity (Wildman–Crippen MR) is 165 cm³/mol. The number of ether oxygens (including phenoxy) is 1. The third-order valence-corrected chi connectivity index (χ3v) is 8.38. The first kappa shape index (κ1) is 31.5. The summed E-state index contributed by atoms with van der Waals surface area (Å²) in [5.41, 5.74) is 3.32. The molecule has 2 atom stereocenters. The minimum absolute atomic E-state index is 0.199. The van der Waals surface area contributed by atoms with Crippen molar-refractivity contribution in [3.8, 4) is 11.3 Å². The number of carbonyl (C=O) groups excluding carboxylic acids is 1. The van der Waals surface area contributed by atoms with E-state index in [-0.39, 0.29) is 19.2 Å². The average Bonchev–Trinajstić information content (AvgIpc) is 3.34. The van der Waals surface area contributed by atoms with E-state index >= 15 is 0 Å². The molecule has 3 rings (SSSR count). The molecule has 3 aromatic rings. The van der Waals surface area contributed by atoms with Crippen LogP contribution in [0.1, 0.15) is 30.6 Å². The van der Waals surface area contributed by atoms with Crippen molar-refractivity contribution < 1.29 is 19.4 Å². The van der Waals surface area contributed by atoms with E-state index in [0.29, 0.717) is 30.1 Å². The number of rotatable bonds is 15. The molecule has 0 unspecified atom stereocenters. The first-order valence-electron chi connectivity index (χ1n) is 13.7. The van der Waals surface area contributed by atoms with Gasteiger partial charge in [-0.3, -0.25) is 14.7 Å². The van der Waals surface area contributed by atoms with E-state index in [1.165, 1.54) is 4.90 Å². The molecule has 2 heterocycles. The molecule has 2 N–H and O–H groups in total. The monoisotopic (exact) mass is 575 g/mol. The van der Waals surface area contributed by atoms with Crippen LogP contribution in [0.2, 0.25) is 25.7 Å². The van der Waals surface area contributed by atoms with E-state index in [2.05, 4.69) is 48.2 Å². The Morgan fingerprint density at radius 1 is 1.20 bits per heavy atom. The third kappa shape index (κ3) is 8.99. The van der Waals surface area contributed by atoms with Crippen LogP contribution in [0, 0.1) is 5.92 Å². The summed E-state index contributed by atoms with van der Waals surface area (Å²) in [6.07, 6.45) is 5.83. The Hall–Kier alpha value is -4.02. The summed E-state index contributed by atoms with van der Waals surface area (Å²) in [6.45, 7) is 17.2. The fourth-order valence-electron chi connectivity index (χ4n) is 4.20. The molecule has 0 radical (unpaired) electrons. The van der Waals surface area contributed by atoms with E-state index in [1.54, 1.807) is 36.2 Å². The van der Waals surface area contributed by atoms with Crippen LogP contribution in [-0.2, 0) is 22.8 Å². The highest BCUT2D eigenvalue weighted by atomic mass is 28.3. The molecule has 9 nitrogen and oxygen atoms in total. The first-order valence-corrected chi connectivity index (χ1v) is 17.4. The van der Waals surface area contributed by atoms with Gasteiger partial charge in [0.05, 0.1) is 35.2 Å². The number of nitrogens with zero attached hydrogens (tertiary/aromatic N) is 4. The number of pyridine rings is 1. The van der Waals surface area contributed by atoms with Gasteiger partial charge in [-0.25, -0.2) is 9.48 Å². The van der Waals surface area contributed by atoms with E-state index in [4.69, 9.17) is 4.74 Å². The molecule has 0 spiro atoms. The van der Waals surface area contributed by atoms with Crippen LogP contribution in [0.3, 0.4) is 0 Å². The number of hydrogen-bond donors (Lipinski definition) is 2. The summed E-state index contributed by atoms with van der Waals surface area (Å²) in [4.78, 5) is 31.1. The highest BCUT2D eigenvalue weighted by molar-refractivity contribution is 6.76. The van der Waals surface area contributed by atoms with Gasteiger partial charge in [0.2, 0.25) is 5.91 Å². The Labute approximate surface area is 243 Å².